The number of fused-ring (bicyclic) bond motifs is 1. The first-order valence-corrected chi connectivity index (χ1v) is 12.2. The summed E-state index contributed by atoms with van der Waals surface area (Å²) in [5, 5.41) is 13.1. The van der Waals surface area contributed by atoms with Crippen molar-refractivity contribution in [1.29, 1.82) is 0 Å². The van der Waals surface area contributed by atoms with E-state index in [1.165, 1.54) is 27.6 Å². The molecule has 0 spiro atoms. The predicted molar refractivity (Wildman–Crippen MR) is 132 cm³/mol. The molecule has 172 valence electrons. The summed E-state index contributed by atoms with van der Waals surface area (Å²) in [6.07, 6.45) is 0. The number of hydrogen-bond acceptors (Lipinski definition) is 8. The smallest absolute Gasteiger partial charge is 0.296 e. The topological polar surface area (TPSA) is 89.0 Å². The minimum absolute atomic E-state index is 0.0341. The van der Waals surface area contributed by atoms with Gasteiger partial charge in [-0.25, -0.2) is 4.98 Å². The van der Waals surface area contributed by atoms with Gasteiger partial charge in [-0.2, -0.15) is 0 Å². The predicted octanol–water partition coefficient (Wildman–Crippen LogP) is 5.55. The molecule has 1 atom stereocenters. The van der Waals surface area contributed by atoms with Crippen molar-refractivity contribution in [2.24, 2.45) is 0 Å². The minimum Gasteiger partial charge on any atom is -0.503 e. The number of ether oxygens (including phenoxy) is 2. The third-order valence-corrected chi connectivity index (χ3v) is 7.38. The highest BCUT2D eigenvalue weighted by atomic mass is 32.1. The molecular formula is C25H20N2O5S2. The number of Topliss-reactive ketones (excluding diaryl/α,β-unsaturated/α-hetero) is 1. The summed E-state index contributed by atoms with van der Waals surface area (Å²) < 4.78 is 11.7. The van der Waals surface area contributed by atoms with Crippen LogP contribution in [0.2, 0.25) is 0 Å². The van der Waals surface area contributed by atoms with Crippen LogP contribution in [0, 0.1) is 0 Å². The molecule has 7 nitrogen and oxygen atoms in total. The number of ketones is 1. The molecular weight excluding hydrogens is 472 g/mol. The van der Waals surface area contributed by atoms with Crippen molar-refractivity contribution in [3.8, 4) is 11.5 Å². The molecule has 0 fully saturated rings. The molecule has 5 rings (SSSR count). The molecule has 9 heteroatoms. The van der Waals surface area contributed by atoms with E-state index in [0.717, 1.165) is 4.70 Å². The number of aromatic nitrogens is 1. The number of thiophene rings is 1. The van der Waals surface area contributed by atoms with Gasteiger partial charge in [-0.3, -0.25) is 14.5 Å². The molecule has 1 aliphatic rings. The second-order valence-corrected chi connectivity index (χ2v) is 9.44. The van der Waals surface area contributed by atoms with E-state index in [4.69, 9.17) is 9.47 Å². The number of rotatable bonds is 7. The van der Waals surface area contributed by atoms with E-state index in [2.05, 4.69) is 4.98 Å². The molecule has 0 saturated carbocycles. The number of aliphatic hydroxyl groups excluding tert-OH is 1. The van der Waals surface area contributed by atoms with Crippen LogP contribution in [0.15, 0.2) is 71.3 Å². The normalized spacial score (nSPS) is 15.9. The number of anilines is 1. The first-order chi connectivity index (χ1) is 16.5. The second-order valence-electron chi connectivity index (χ2n) is 7.48. The lowest BCUT2D eigenvalue weighted by Gasteiger charge is -2.24. The Morgan fingerprint density at radius 3 is 2.59 bits per heavy atom. The Kier molecular flexibility index (Phi) is 5.80. The molecule has 1 aliphatic heterocycles. The fourth-order valence-corrected chi connectivity index (χ4v) is 5.63. The van der Waals surface area contributed by atoms with Crippen LogP contribution in [0.5, 0.6) is 11.5 Å². The van der Waals surface area contributed by atoms with E-state index >= 15 is 0 Å². The van der Waals surface area contributed by atoms with E-state index in [-0.39, 0.29) is 11.4 Å². The Bertz CT molecular complexity index is 1410. The largest absolute Gasteiger partial charge is 0.503 e. The molecule has 1 N–H and O–H groups in total. The SMILES string of the molecule is CCOc1ccc2nc(N3C(=O)C(O)=C(C(=O)c4cccs4)[C@@H]3c3ccc(OC)cc3)sc2c1. The van der Waals surface area contributed by atoms with Gasteiger partial charge in [0.05, 0.1) is 40.4 Å². The number of benzene rings is 2. The van der Waals surface area contributed by atoms with Crippen LogP contribution in [-0.2, 0) is 4.79 Å². The van der Waals surface area contributed by atoms with Crippen molar-refractivity contribution in [3.05, 3.63) is 81.8 Å². The average Bonchev–Trinajstić information content (AvgIpc) is 3.58. The van der Waals surface area contributed by atoms with Gasteiger partial charge in [-0.1, -0.05) is 29.5 Å². The van der Waals surface area contributed by atoms with Crippen LogP contribution in [0.1, 0.15) is 28.2 Å². The summed E-state index contributed by atoms with van der Waals surface area (Å²) in [6.45, 7) is 2.44. The molecule has 2 aromatic carbocycles. The third-order valence-electron chi connectivity index (χ3n) is 5.49. The number of nitrogens with zero attached hydrogens (tertiary/aromatic N) is 2. The highest BCUT2D eigenvalue weighted by Gasteiger charge is 2.46. The Morgan fingerprint density at radius 2 is 1.91 bits per heavy atom. The number of carbonyl (C=O) groups is 2. The summed E-state index contributed by atoms with van der Waals surface area (Å²) in [6, 6.07) is 15.2. The highest BCUT2D eigenvalue weighted by molar-refractivity contribution is 7.22. The Hall–Kier alpha value is -3.69. The first-order valence-electron chi connectivity index (χ1n) is 10.5. The molecule has 4 aromatic rings. The van der Waals surface area contributed by atoms with E-state index in [1.807, 2.05) is 25.1 Å². The average molecular weight is 493 g/mol. The van der Waals surface area contributed by atoms with E-state index in [1.54, 1.807) is 48.9 Å². The van der Waals surface area contributed by atoms with Crippen LogP contribution in [0.3, 0.4) is 0 Å². The van der Waals surface area contributed by atoms with Gasteiger partial charge in [-0.05, 0) is 54.3 Å². The van der Waals surface area contributed by atoms with E-state index in [0.29, 0.717) is 39.2 Å². The molecule has 0 radical (unpaired) electrons. The summed E-state index contributed by atoms with van der Waals surface area (Å²) in [7, 11) is 1.56. The van der Waals surface area contributed by atoms with Gasteiger partial charge >= 0.3 is 0 Å². The molecule has 0 bridgehead atoms. The number of amides is 1. The maximum Gasteiger partial charge on any atom is 0.296 e. The van der Waals surface area contributed by atoms with Crippen LogP contribution < -0.4 is 14.4 Å². The molecule has 2 aromatic heterocycles. The van der Waals surface area contributed by atoms with Gasteiger partial charge in [0.2, 0.25) is 5.78 Å². The second kappa shape index (κ2) is 8.92. The molecule has 1 amide bonds. The summed E-state index contributed by atoms with van der Waals surface area (Å²) in [5.74, 6) is -0.260. The minimum atomic E-state index is -0.833. The van der Waals surface area contributed by atoms with Crippen molar-refractivity contribution in [2.45, 2.75) is 13.0 Å². The number of carbonyl (C=O) groups excluding carboxylic acids is 2. The van der Waals surface area contributed by atoms with Gasteiger partial charge in [0.15, 0.2) is 10.9 Å². The summed E-state index contributed by atoms with van der Waals surface area (Å²) in [4.78, 5) is 33.2. The fraction of sp³-hybridized carbons (Fsp3) is 0.160. The zero-order chi connectivity index (χ0) is 23.8. The molecule has 34 heavy (non-hydrogen) atoms. The fourth-order valence-electron chi connectivity index (χ4n) is 3.93. The molecule has 0 unspecified atom stereocenters. The third kappa shape index (κ3) is 3.72. The quantitative estimate of drug-likeness (QED) is 0.340. The van der Waals surface area contributed by atoms with E-state index < -0.39 is 17.7 Å². The zero-order valence-electron chi connectivity index (χ0n) is 18.3. The number of aliphatic hydroxyl groups is 1. The van der Waals surface area contributed by atoms with E-state index in [9.17, 15) is 14.7 Å². The van der Waals surface area contributed by atoms with Crippen molar-refractivity contribution >= 4 is 49.7 Å². The van der Waals surface area contributed by atoms with Crippen molar-refractivity contribution in [2.75, 3.05) is 18.6 Å². The maximum absolute atomic E-state index is 13.4. The van der Waals surface area contributed by atoms with Gasteiger partial charge in [0.1, 0.15) is 11.5 Å². The Balaban J connectivity index is 1.64. The van der Waals surface area contributed by atoms with Crippen LogP contribution in [-0.4, -0.2) is 35.5 Å². The highest BCUT2D eigenvalue weighted by Crippen LogP contribution is 2.45. The summed E-state index contributed by atoms with van der Waals surface area (Å²) >= 11 is 2.56. The molecule has 0 saturated heterocycles. The van der Waals surface area contributed by atoms with Crippen LogP contribution >= 0.6 is 22.7 Å². The molecule has 0 aliphatic carbocycles. The Labute approximate surface area is 203 Å². The van der Waals surface area contributed by atoms with Gasteiger partial charge < -0.3 is 14.6 Å². The lowest BCUT2D eigenvalue weighted by atomic mass is 9.95. The summed E-state index contributed by atoms with van der Waals surface area (Å²) in [5.41, 5.74) is 1.39. The number of methoxy groups -OCH3 is 1. The monoisotopic (exact) mass is 492 g/mol. The van der Waals surface area contributed by atoms with Crippen molar-refractivity contribution in [3.63, 3.8) is 0 Å². The number of thiazole rings is 1. The van der Waals surface area contributed by atoms with Gasteiger partial charge in [-0.15, -0.1) is 11.3 Å². The number of hydrogen-bond donors (Lipinski definition) is 1. The standard InChI is InChI=1S/C25H20N2O5S2/c1-3-32-16-10-11-17-19(13-16)34-25(26-17)27-21(14-6-8-15(31-2)9-7-14)20(23(29)24(27)30)22(28)18-5-4-12-33-18/h4-13,21,29H,3H2,1-2H3/t21-/m0/s1. The maximum atomic E-state index is 13.4. The van der Waals surface area contributed by atoms with Crippen molar-refractivity contribution < 1.29 is 24.2 Å². The van der Waals surface area contributed by atoms with Gasteiger partial charge in [0, 0.05) is 0 Å². The molecule has 3 heterocycles. The lowest BCUT2D eigenvalue weighted by molar-refractivity contribution is -0.117. The first kappa shape index (κ1) is 22.1. The van der Waals surface area contributed by atoms with Crippen molar-refractivity contribution in [1.82, 2.24) is 4.98 Å². The lowest BCUT2D eigenvalue weighted by Crippen LogP contribution is -2.30. The zero-order valence-corrected chi connectivity index (χ0v) is 20.0. The van der Waals surface area contributed by atoms with Crippen LogP contribution in [0.4, 0.5) is 5.13 Å². The Morgan fingerprint density at radius 1 is 1.15 bits per heavy atom. The van der Waals surface area contributed by atoms with Crippen LogP contribution in [0.25, 0.3) is 10.2 Å². The van der Waals surface area contributed by atoms with Gasteiger partial charge in [0.25, 0.3) is 5.91 Å².